The van der Waals surface area contributed by atoms with E-state index in [1.54, 1.807) is 32.2 Å². The second-order valence-corrected chi connectivity index (χ2v) is 8.10. The predicted molar refractivity (Wildman–Crippen MR) is 116 cm³/mol. The van der Waals surface area contributed by atoms with Crippen molar-refractivity contribution < 1.29 is 19.1 Å². The van der Waals surface area contributed by atoms with Crippen molar-refractivity contribution in [3.63, 3.8) is 0 Å². The molecule has 6 nitrogen and oxygen atoms in total. The van der Waals surface area contributed by atoms with Gasteiger partial charge in [-0.15, -0.1) is 0 Å². The van der Waals surface area contributed by atoms with E-state index in [-0.39, 0.29) is 11.7 Å². The maximum absolute atomic E-state index is 13.3. The summed E-state index contributed by atoms with van der Waals surface area (Å²) in [7, 11) is 3.39. The van der Waals surface area contributed by atoms with E-state index < -0.39 is 5.54 Å². The molecule has 1 aromatic heterocycles. The van der Waals surface area contributed by atoms with Gasteiger partial charge in [-0.1, -0.05) is 23.7 Å². The molecular weight excluding hydrogens is 404 g/mol. The summed E-state index contributed by atoms with van der Waals surface area (Å²) in [5.74, 6) is 0.351. The smallest absolute Gasteiger partial charge is 0.268 e. The zero-order valence-electron chi connectivity index (χ0n) is 17.3. The topological polar surface area (TPSA) is 69.6 Å². The highest BCUT2D eigenvalue weighted by atomic mass is 35.5. The average molecular weight is 427 g/mol. The Labute approximate surface area is 179 Å². The lowest BCUT2D eigenvalue weighted by Crippen LogP contribution is -2.59. The Morgan fingerprint density at radius 2 is 1.93 bits per heavy atom. The van der Waals surface area contributed by atoms with Gasteiger partial charge in [-0.2, -0.15) is 0 Å². The van der Waals surface area contributed by atoms with Crippen LogP contribution in [0.25, 0.3) is 10.9 Å². The number of hydrogen-bond donors (Lipinski definition) is 1. The number of aryl methyl sites for hydroxylation is 2. The van der Waals surface area contributed by atoms with E-state index in [1.165, 1.54) is 0 Å². The lowest BCUT2D eigenvalue weighted by atomic mass is 9.84. The third-order valence-corrected chi connectivity index (χ3v) is 6.17. The van der Waals surface area contributed by atoms with Gasteiger partial charge < -0.3 is 19.4 Å². The van der Waals surface area contributed by atoms with Crippen molar-refractivity contribution in [1.29, 1.82) is 0 Å². The van der Waals surface area contributed by atoms with E-state index in [4.69, 9.17) is 21.1 Å². The summed E-state index contributed by atoms with van der Waals surface area (Å²) in [6.07, 6.45) is 0. The van der Waals surface area contributed by atoms with Crippen molar-refractivity contribution in [2.24, 2.45) is 7.05 Å². The number of Topliss-reactive ketones (excluding diaryl/α,β-unsaturated/α-hetero) is 1. The van der Waals surface area contributed by atoms with Crippen LogP contribution in [0.3, 0.4) is 0 Å². The van der Waals surface area contributed by atoms with Gasteiger partial charge in [0.15, 0.2) is 5.78 Å². The normalized spacial score (nSPS) is 15.0. The Kier molecular flexibility index (Phi) is 5.08. The summed E-state index contributed by atoms with van der Waals surface area (Å²) in [6.45, 7) is 4.23. The number of carbonyl (C=O) groups is 2. The molecule has 1 N–H and O–H groups in total. The van der Waals surface area contributed by atoms with Crippen LogP contribution in [0.4, 0.5) is 0 Å². The number of fused-ring (bicyclic) bond motifs is 1. The molecule has 1 fully saturated rings. The molecule has 0 aliphatic carbocycles. The van der Waals surface area contributed by atoms with Crippen molar-refractivity contribution in [2.75, 3.05) is 20.3 Å². The second kappa shape index (κ2) is 7.45. The lowest BCUT2D eigenvalue weighted by Gasteiger charge is -2.43. The summed E-state index contributed by atoms with van der Waals surface area (Å²) in [5.41, 5.74) is 3.24. The predicted octanol–water partition coefficient (Wildman–Crippen LogP) is 4.01. The Bertz CT molecular complexity index is 1180. The van der Waals surface area contributed by atoms with E-state index in [0.29, 0.717) is 35.2 Å². The third kappa shape index (κ3) is 3.16. The van der Waals surface area contributed by atoms with Crippen LogP contribution in [0.15, 0.2) is 36.4 Å². The molecule has 4 rings (SSSR count). The Hall–Kier alpha value is -2.83. The molecule has 0 saturated carbocycles. The molecule has 0 unspecified atom stereocenters. The van der Waals surface area contributed by atoms with Gasteiger partial charge in [0.05, 0.1) is 30.9 Å². The van der Waals surface area contributed by atoms with Gasteiger partial charge in [-0.3, -0.25) is 9.59 Å². The maximum Gasteiger partial charge on any atom is 0.268 e. The van der Waals surface area contributed by atoms with Crippen LogP contribution in [0.1, 0.15) is 38.9 Å². The number of rotatable bonds is 5. The highest BCUT2D eigenvalue weighted by Gasteiger charge is 2.43. The molecule has 2 heterocycles. The molecule has 2 aromatic carbocycles. The van der Waals surface area contributed by atoms with Crippen molar-refractivity contribution in [2.45, 2.75) is 19.4 Å². The number of halogens is 1. The Morgan fingerprint density at radius 3 is 2.50 bits per heavy atom. The molecule has 1 aliphatic heterocycles. The molecule has 0 spiro atoms. The molecule has 0 bridgehead atoms. The fraction of sp³-hybridized carbons (Fsp3) is 0.304. The summed E-state index contributed by atoms with van der Waals surface area (Å²) in [5, 5.41) is 4.39. The van der Waals surface area contributed by atoms with E-state index in [0.717, 1.165) is 22.0 Å². The fourth-order valence-corrected chi connectivity index (χ4v) is 4.33. The largest absolute Gasteiger partial charge is 0.495 e. The minimum absolute atomic E-state index is 0.00963. The van der Waals surface area contributed by atoms with Crippen LogP contribution in [-0.2, 0) is 17.3 Å². The lowest BCUT2D eigenvalue weighted by molar-refractivity contribution is -0.0737. The molecule has 3 aromatic rings. The van der Waals surface area contributed by atoms with E-state index >= 15 is 0 Å². The molecule has 0 radical (unpaired) electrons. The molecule has 7 heteroatoms. The van der Waals surface area contributed by atoms with Gasteiger partial charge in [0.25, 0.3) is 5.91 Å². The fourth-order valence-electron chi connectivity index (χ4n) is 4.03. The first kappa shape index (κ1) is 20.4. The average Bonchev–Trinajstić information content (AvgIpc) is 3.03. The van der Waals surface area contributed by atoms with Gasteiger partial charge in [-0.05, 0) is 49.2 Å². The summed E-state index contributed by atoms with van der Waals surface area (Å²) >= 11 is 6.44. The molecular formula is C23H23ClN2O4. The third-order valence-electron chi connectivity index (χ3n) is 5.78. The number of amides is 1. The number of ether oxygens (including phenoxy) is 2. The summed E-state index contributed by atoms with van der Waals surface area (Å²) in [4.78, 5) is 24.9. The van der Waals surface area contributed by atoms with Gasteiger partial charge in [0.2, 0.25) is 0 Å². The number of methoxy groups -OCH3 is 1. The molecule has 1 saturated heterocycles. The van der Waals surface area contributed by atoms with E-state index in [2.05, 4.69) is 5.32 Å². The number of hydrogen-bond acceptors (Lipinski definition) is 4. The van der Waals surface area contributed by atoms with E-state index in [1.807, 2.05) is 36.7 Å². The highest BCUT2D eigenvalue weighted by Crippen LogP contribution is 2.36. The minimum Gasteiger partial charge on any atom is -0.495 e. The number of carbonyl (C=O) groups excluding carboxylic acids is 2. The highest BCUT2D eigenvalue weighted by molar-refractivity contribution is 6.37. The first-order chi connectivity index (χ1) is 14.3. The van der Waals surface area contributed by atoms with Crippen molar-refractivity contribution in [3.05, 3.63) is 63.8 Å². The van der Waals surface area contributed by atoms with Crippen LogP contribution in [0, 0.1) is 6.92 Å². The number of benzene rings is 2. The van der Waals surface area contributed by atoms with E-state index in [9.17, 15) is 9.59 Å². The minimum atomic E-state index is -0.631. The number of aromatic nitrogens is 1. The molecule has 156 valence electrons. The van der Waals surface area contributed by atoms with Crippen LogP contribution < -0.4 is 10.1 Å². The molecule has 30 heavy (non-hydrogen) atoms. The van der Waals surface area contributed by atoms with Gasteiger partial charge in [-0.25, -0.2) is 0 Å². The first-order valence-electron chi connectivity index (χ1n) is 9.61. The number of ketones is 1. The first-order valence-corrected chi connectivity index (χ1v) is 9.99. The van der Waals surface area contributed by atoms with Crippen LogP contribution >= 0.6 is 11.6 Å². The van der Waals surface area contributed by atoms with Crippen molar-refractivity contribution in [1.82, 2.24) is 9.88 Å². The van der Waals surface area contributed by atoms with Crippen molar-refractivity contribution in [3.8, 4) is 5.75 Å². The number of nitrogens with zero attached hydrogens (tertiary/aromatic N) is 1. The second-order valence-electron chi connectivity index (χ2n) is 7.72. The summed E-state index contributed by atoms with van der Waals surface area (Å²) in [6, 6.07) is 11.0. The van der Waals surface area contributed by atoms with Gasteiger partial charge in [0, 0.05) is 18.0 Å². The number of nitrogens with one attached hydrogen (secondary N) is 1. The Balaban J connectivity index is 1.70. The van der Waals surface area contributed by atoms with Gasteiger partial charge in [0.1, 0.15) is 17.0 Å². The maximum atomic E-state index is 13.3. The van der Waals surface area contributed by atoms with Crippen LogP contribution in [-0.4, -0.2) is 36.6 Å². The van der Waals surface area contributed by atoms with Crippen LogP contribution in [0.2, 0.25) is 5.02 Å². The zero-order valence-corrected chi connectivity index (χ0v) is 18.1. The monoisotopic (exact) mass is 426 g/mol. The van der Waals surface area contributed by atoms with Gasteiger partial charge >= 0.3 is 0 Å². The SMILES string of the molecule is COc1ccc2c(cc(C(=O)NC3(c4ccc(C(C)=O)cc4C)COC3)n2C)c1Cl. The molecule has 0 atom stereocenters. The zero-order chi connectivity index (χ0) is 21.6. The van der Waals surface area contributed by atoms with Crippen LogP contribution in [0.5, 0.6) is 5.75 Å². The summed E-state index contributed by atoms with van der Waals surface area (Å²) < 4.78 is 12.6. The molecule has 1 amide bonds. The standard InChI is InChI=1S/C23H23ClN2O4/c1-13-9-15(14(2)27)5-6-17(13)23(11-30-12-23)25-22(28)19-10-16-18(26(19)3)7-8-20(29-4)21(16)24/h5-10H,11-12H2,1-4H3,(H,25,28). The quantitative estimate of drug-likeness (QED) is 0.626. The molecule has 1 aliphatic rings. The van der Waals surface area contributed by atoms with Crippen molar-refractivity contribution >= 4 is 34.2 Å². The Morgan fingerprint density at radius 1 is 1.20 bits per heavy atom.